The Hall–Kier alpha value is -0.310. The van der Waals surface area contributed by atoms with Crippen molar-refractivity contribution in [2.45, 2.75) is 32.0 Å². The van der Waals surface area contributed by atoms with Crippen LogP contribution in [0.2, 0.25) is 0 Å². The van der Waals surface area contributed by atoms with Crippen LogP contribution >= 0.6 is 11.6 Å². The minimum atomic E-state index is -0.843. The van der Waals surface area contributed by atoms with Crippen LogP contribution in [-0.4, -0.2) is 22.4 Å². The average Bonchev–Trinajstić information content (AvgIpc) is 2.00. The van der Waals surface area contributed by atoms with Gasteiger partial charge in [0.1, 0.15) is 12.2 Å². The van der Waals surface area contributed by atoms with E-state index < -0.39 is 12.2 Å². The molecule has 0 amide bonds. The van der Waals surface area contributed by atoms with Gasteiger partial charge < -0.3 is 10.2 Å². The quantitative estimate of drug-likeness (QED) is 0.691. The van der Waals surface area contributed by atoms with Gasteiger partial charge in [0.15, 0.2) is 0 Å². The Bertz CT molecular complexity index is 221. The topological polar surface area (TPSA) is 40.5 Å². The summed E-state index contributed by atoms with van der Waals surface area (Å²) in [6.45, 7) is 2.02. The molecule has 2 atom stereocenters. The average molecular weight is 189 g/mol. The van der Waals surface area contributed by atoms with Crippen molar-refractivity contribution >= 4 is 11.6 Å². The Morgan fingerprint density at radius 1 is 1.50 bits per heavy atom. The van der Waals surface area contributed by atoms with Crippen molar-refractivity contribution in [1.82, 2.24) is 0 Å². The van der Waals surface area contributed by atoms with E-state index in [1.54, 1.807) is 6.08 Å². The van der Waals surface area contributed by atoms with E-state index in [0.29, 0.717) is 5.03 Å². The molecule has 0 spiro atoms. The molecule has 1 aliphatic carbocycles. The van der Waals surface area contributed by atoms with Crippen LogP contribution in [0.4, 0.5) is 0 Å². The van der Waals surface area contributed by atoms with Crippen molar-refractivity contribution in [2.75, 3.05) is 0 Å². The monoisotopic (exact) mass is 188 g/mol. The Morgan fingerprint density at radius 3 is 2.75 bits per heavy atom. The maximum Gasteiger partial charge on any atom is 0.105 e. The van der Waals surface area contributed by atoms with Crippen molar-refractivity contribution < 1.29 is 10.2 Å². The van der Waals surface area contributed by atoms with Gasteiger partial charge in [-0.25, -0.2) is 0 Å². The number of rotatable bonds is 2. The van der Waals surface area contributed by atoms with Gasteiger partial charge in [0, 0.05) is 5.03 Å². The fourth-order valence-corrected chi connectivity index (χ4v) is 1.56. The first-order valence-corrected chi connectivity index (χ1v) is 4.47. The molecular weight excluding hydrogens is 176 g/mol. The summed E-state index contributed by atoms with van der Waals surface area (Å²) >= 11 is 5.72. The SMILES string of the molecule is CCCC1=CC(Cl)=C[C@H](O)[C@@H]1O. The summed E-state index contributed by atoms with van der Waals surface area (Å²) in [7, 11) is 0. The Labute approximate surface area is 77.2 Å². The number of aliphatic hydroxyl groups is 2. The van der Waals surface area contributed by atoms with Crippen LogP contribution in [0.15, 0.2) is 22.8 Å². The lowest BCUT2D eigenvalue weighted by molar-refractivity contribution is 0.0689. The summed E-state index contributed by atoms with van der Waals surface area (Å²) in [5, 5.41) is 19.3. The fourth-order valence-electron chi connectivity index (χ4n) is 1.29. The number of allylic oxidation sites excluding steroid dienone is 2. The highest BCUT2D eigenvalue weighted by atomic mass is 35.5. The van der Waals surface area contributed by atoms with Gasteiger partial charge in [-0.05, 0) is 24.1 Å². The third-order valence-corrected chi connectivity index (χ3v) is 2.13. The highest BCUT2D eigenvalue weighted by Gasteiger charge is 2.22. The molecule has 0 aromatic heterocycles. The highest BCUT2D eigenvalue weighted by Crippen LogP contribution is 2.23. The van der Waals surface area contributed by atoms with Gasteiger partial charge >= 0.3 is 0 Å². The van der Waals surface area contributed by atoms with Gasteiger partial charge in [-0.2, -0.15) is 0 Å². The van der Waals surface area contributed by atoms with Crippen molar-refractivity contribution in [3.8, 4) is 0 Å². The summed E-state index contributed by atoms with van der Waals surface area (Å²) in [4.78, 5) is 0. The minimum absolute atomic E-state index is 0.510. The van der Waals surface area contributed by atoms with Crippen LogP contribution in [0, 0.1) is 0 Å². The summed E-state index contributed by atoms with van der Waals surface area (Å²) < 4.78 is 0. The third kappa shape index (κ3) is 2.09. The Balaban J connectivity index is 2.76. The van der Waals surface area contributed by atoms with Crippen LogP contribution in [0.5, 0.6) is 0 Å². The molecule has 0 aromatic rings. The second kappa shape index (κ2) is 4.08. The number of hydrogen-bond donors (Lipinski definition) is 2. The van der Waals surface area contributed by atoms with Gasteiger partial charge in [0.2, 0.25) is 0 Å². The third-order valence-electron chi connectivity index (χ3n) is 1.90. The van der Waals surface area contributed by atoms with Gasteiger partial charge in [-0.1, -0.05) is 24.9 Å². The van der Waals surface area contributed by atoms with E-state index in [9.17, 15) is 10.2 Å². The molecule has 0 fully saturated rings. The molecule has 0 heterocycles. The van der Waals surface area contributed by atoms with Crippen LogP contribution in [0.1, 0.15) is 19.8 Å². The second-order valence-corrected chi connectivity index (χ2v) is 3.39. The second-order valence-electron chi connectivity index (χ2n) is 2.96. The van der Waals surface area contributed by atoms with Gasteiger partial charge in [-0.3, -0.25) is 0 Å². The largest absolute Gasteiger partial charge is 0.386 e. The van der Waals surface area contributed by atoms with Crippen LogP contribution in [0.3, 0.4) is 0 Å². The minimum Gasteiger partial charge on any atom is -0.386 e. The summed E-state index contributed by atoms with van der Waals surface area (Å²) in [6.07, 6.45) is 3.28. The maximum absolute atomic E-state index is 9.46. The molecule has 0 bridgehead atoms. The van der Waals surface area contributed by atoms with E-state index in [1.807, 2.05) is 6.92 Å². The summed E-state index contributed by atoms with van der Waals surface area (Å²) in [6, 6.07) is 0. The molecule has 68 valence electrons. The molecular formula is C9H13ClO2. The first kappa shape index (κ1) is 9.78. The van der Waals surface area contributed by atoms with Gasteiger partial charge in [0.05, 0.1) is 0 Å². The van der Waals surface area contributed by atoms with E-state index in [4.69, 9.17) is 11.6 Å². The van der Waals surface area contributed by atoms with E-state index in [2.05, 4.69) is 0 Å². The Morgan fingerprint density at radius 2 is 2.17 bits per heavy atom. The normalized spacial score (nSPS) is 29.7. The standard InChI is InChI=1S/C9H13ClO2/c1-2-3-6-4-7(10)5-8(11)9(6)12/h4-5,8-9,11-12H,2-3H2,1H3/t8-,9+/m0/s1. The molecule has 3 heteroatoms. The zero-order valence-corrected chi connectivity index (χ0v) is 7.75. The first-order chi connectivity index (χ1) is 5.65. The molecule has 0 saturated carbocycles. The van der Waals surface area contributed by atoms with Crippen molar-refractivity contribution in [3.05, 3.63) is 22.8 Å². The molecule has 0 aliphatic heterocycles. The predicted molar refractivity (Wildman–Crippen MR) is 48.9 cm³/mol. The van der Waals surface area contributed by atoms with E-state index in [1.165, 1.54) is 6.08 Å². The van der Waals surface area contributed by atoms with Crippen molar-refractivity contribution in [2.24, 2.45) is 0 Å². The van der Waals surface area contributed by atoms with Crippen LogP contribution in [0.25, 0.3) is 0 Å². The lowest BCUT2D eigenvalue weighted by atomic mass is 9.96. The number of aliphatic hydroxyl groups excluding tert-OH is 2. The summed E-state index contributed by atoms with van der Waals surface area (Å²) in [5.41, 5.74) is 0.817. The van der Waals surface area contributed by atoms with Crippen LogP contribution in [-0.2, 0) is 0 Å². The van der Waals surface area contributed by atoms with E-state index >= 15 is 0 Å². The van der Waals surface area contributed by atoms with Crippen molar-refractivity contribution in [3.63, 3.8) is 0 Å². The van der Waals surface area contributed by atoms with E-state index in [0.717, 1.165) is 18.4 Å². The zero-order chi connectivity index (χ0) is 9.14. The fraction of sp³-hybridized carbons (Fsp3) is 0.556. The van der Waals surface area contributed by atoms with Crippen molar-refractivity contribution in [1.29, 1.82) is 0 Å². The van der Waals surface area contributed by atoms with Gasteiger partial charge in [-0.15, -0.1) is 0 Å². The molecule has 2 nitrogen and oxygen atoms in total. The van der Waals surface area contributed by atoms with Gasteiger partial charge in [0.25, 0.3) is 0 Å². The lowest BCUT2D eigenvalue weighted by Gasteiger charge is -2.21. The maximum atomic E-state index is 9.46. The molecule has 2 N–H and O–H groups in total. The summed E-state index contributed by atoms with van der Waals surface area (Å²) in [5.74, 6) is 0. The molecule has 0 unspecified atom stereocenters. The molecule has 1 rings (SSSR count). The number of hydrogen-bond acceptors (Lipinski definition) is 2. The smallest absolute Gasteiger partial charge is 0.105 e. The lowest BCUT2D eigenvalue weighted by Crippen LogP contribution is -2.28. The molecule has 0 saturated heterocycles. The molecule has 1 aliphatic rings. The Kier molecular flexibility index (Phi) is 3.32. The first-order valence-electron chi connectivity index (χ1n) is 4.09. The number of halogens is 1. The highest BCUT2D eigenvalue weighted by molar-refractivity contribution is 6.31. The van der Waals surface area contributed by atoms with Crippen LogP contribution < -0.4 is 0 Å². The zero-order valence-electron chi connectivity index (χ0n) is 7.00. The molecule has 12 heavy (non-hydrogen) atoms. The van der Waals surface area contributed by atoms with E-state index in [-0.39, 0.29) is 0 Å². The molecule has 0 aromatic carbocycles. The molecule has 0 radical (unpaired) electrons. The predicted octanol–water partition coefficient (Wildman–Crippen LogP) is 1.57.